The quantitative estimate of drug-likeness (QED) is 0.829. The molecule has 21 heavy (non-hydrogen) atoms. The molecular weight excluding hydrogens is 286 g/mol. The van der Waals surface area contributed by atoms with Gasteiger partial charge in [0.05, 0.1) is 6.04 Å². The minimum absolute atomic E-state index is 0.0587. The van der Waals surface area contributed by atoms with E-state index in [-0.39, 0.29) is 6.04 Å². The van der Waals surface area contributed by atoms with Crippen LogP contribution in [0.2, 0.25) is 0 Å². The smallest absolute Gasteiger partial charge is 0.311 e. The molecule has 0 radical (unpaired) electrons. The van der Waals surface area contributed by atoms with Crippen molar-refractivity contribution in [1.29, 1.82) is 0 Å². The topological polar surface area (TPSA) is 61.4 Å². The van der Waals surface area contributed by atoms with Gasteiger partial charge in [-0.05, 0) is 30.8 Å². The fraction of sp³-hybridized carbons (Fsp3) is 0.600. The van der Waals surface area contributed by atoms with E-state index in [4.69, 9.17) is 0 Å². The summed E-state index contributed by atoms with van der Waals surface area (Å²) in [4.78, 5) is 27.2. The molecule has 1 atom stereocenters. The van der Waals surface area contributed by atoms with Crippen molar-refractivity contribution < 1.29 is 9.59 Å². The summed E-state index contributed by atoms with van der Waals surface area (Å²) in [5, 5.41) is 8.12. The molecule has 2 N–H and O–H groups in total. The van der Waals surface area contributed by atoms with Gasteiger partial charge in [0.15, 0.2) is 0 Å². The monoisotopic (exact) mass is 309 g/mol. The Morgan fingerprint density at radius 2 is 2.29 bits per heavy atom. The zero-order valence-corrected chi connectivity index (χ0v) is 13.2. The van der Waals surface area contributed by atoms with Crippen molar-refractivity contribution in [3.8, 4) is 0 Å². The van der Waals surface area contributed by atoms with E-state index < -0.39 is 11.8 Å². The highest BCUT2D eigenvalue weighted by atomic mass is 32.1. The molecule has 0 aliphatic carbocycles. The van der Waals surface area contributed by atoms with Crippen molar-refractivity contribution in [2.75, 3.05) is 26.2 Å². The minimum atomic E-state index is -0.483. The molecule has 2 heterocycles. The predicted molar refractivity (Wildman–Crippen MR) is 84.2 cm³/mol. The van der Waals surface area contributed by atoms with Crippen LogP contribution in [0.15, 0.2) is 17.5 Å². The lowest BCUT2D eigenvalue weighted by Crippen LogP contribution is -2.45. The fourth-order valence-corrected chi connectivity index (χ4v) is 3.29. The third-order valence-corrected chi connectivity index (χ3v) is 4.58. The van der Waals surface area contributed by atoms with Crippen molar-refractivity contribution in [2.24, 2.45) is 0 Å². The molecule has 2 amide bonds. The molecule has 1 saturated heterocycles. The summed E-state index contributed by atoms with van der Waals surface area (Å²) in [6.07, 6.45) is 2.70. The Morgan fingerprint density at radius 1 is 1.43 bits per heavy atom. The van der Waals surface area contributed by atoms with Crippen molar-refractivity contribution in [3.63, 3.8) is 0 Å². The van der Waals surface area contributed by atoms with Crippen LogP contribution < -0.4 is 10.6 Å². The first kappa shape index (κ1) is 16.0. The van der Waals surface area contributed by atoms with Gasteiger partial charge in [-0.25, -0.2) is 0 Å². The maximum atomic E-state index is 12.2. The number of carbonyl (C=O) groups excluding carboxylic acids is 2. The summed E-state index contributed by atoms with van der Waals surface area (Å²) in [6, 6.07) is 3.92. The van der Waals surface area contributed by atoms with Crippen LogP contribution in [-0.4, -0.2) is 42.9 Å². The number of thiophene rings is 1. The van der Waals surface area contributed by atoms with Crippen LogP contribution in [0.1, 0.15) is 37.1 Å². The summed E-state index contributed by atoms with van der Waals surface area (Å²) in [6.45, 7) is 4.98. The highest BCUT2D eigenvalue weighted by Gasteiger charge is 2.25. The molecule has 0 spiro atoms. The summed E-state index contributed by atoms with van der Waals surface area (Å²) in [5.41, 5.74) is 0. The van der Waals surface area contributed by atoms with Gasteiger partial charge in [-0.3, -0.25) is 9.59 Å². The zero-order chi connectivity index (χ0) is 15.1. The molecule has 5 nitrogen and oxygen atoms in total. The molecule has 1 unspecified atom stereocenters. The van der Waals surface area contributed by atoms with E-state index in [1.165, 1.54) is 0 Å². The normalized spacial score (nSPS) is 17.1. The van der Waals surface area contributed by atoms with E-state index in [0.717, 1.165) is 37.2 Å². The first-order chi connectivity index (χ1) is 10.2. The van der Waals surface area contributed by atoms with E-state index in [1.54, 1.807) is 16.2 Å². The molecular formula is C15H23N3O2S. The van der Waals surface area contributed by atoms with Gasteiger partial charge >= 0.3 is 11.8 Å². The average molecular weight is 309 g/mol. The standard InChI is InChI=1S/C15H23N3O2S/c1-2-5-12(13-6-3-11-21-13)17-14(19)15(20)18-9-4-7-16-8-10-18/h3,6,11-12,16H,2,4-5,7-10H2,1H3,(H,17,19). The van der Waals surface area contributed by atoms with Crippen molar-refractivity contribution in [3.05, 3.63) is 22.4 Å². The zero-order valence-electron chi connectivity index (χ0n) is 12.4. The lowest BCUT2D eigenvalue weighted by atomic mass is 10.1. The maximum Gasteiger partial charge on any atom is 0.311 e. The lowest BCUT2D eigenvalue weighted by Gasteiger charge is -2.22. The molecule has 0 bridgehead atoms. The summed E-state index contributed by atoms with van der Waals surface area (Å²) < 4.78 is 0. The van der Waals surface area contributed by atoms with Gasteiger partial charge in [-0.2, -0.15) is 0 Å². The van der Waals surface area contributed by atoms with Crippen molar-refractivity contribution in [1.82, 2.24) is 15.5 Å². The highest BCUT2D eigenvalue weighted by molar-refractivity contribution is 7.10. The van der Waals surface area contributed by atoms with E-state index >= 15 is 0 Å². The molecule has 6 heteroatoms. The summed E-state index contributed by atoms with van der Waals surface area (Å²) in [5.74, 6) is -0.889. The number of amides is 2. The molecule has 1 aromatic rings. The van der Waals surface area contributed by atoms with E-state index in [0.29, 0.717) is 13.1 Å². The van der Waals surface area contributed by atoms with Gasteiger partial charge in [-0.15, -0.1) is 11.3 Å². The summed E-state index contributed by atoms with van der Waals surface area (Å²) in [7, 11) is 0. The fourth-order valence-electron chi connectivity index (χ4n) is 2.48. The van der Waals surface area contributed by atoms with Gasteiger partial charge in [-0.1, -0.05) is 19.4 Å². The predicted octanol–water partition coefficient (Wildman–Crippen LogP) is 1.53. The van der Waals surface area contributed by atoms with Crippen LogP contribution in [0.25, 0.3) is 0 Å². The third kappa shape index (κ3) is 4.54. The van der Waals surface area contributed by atoms with Crippen LogP contribution >= 0.6 is 11.3 Å². The largest absolute Gasteiger partial charge is 0.340 e. The Morgan fingerprint density at radius 3 is 3.00 bits per heavy atom. The van der Waals surface area contributed by atoms with E-state index in [2.05, 4.69) is 17.6 Å². The van der Waals surface area contributed by atoms with Crippen LogP contribution in [0, 0.1) is 0 Å². The lowest BCUT2D eigenvalue weighted by molar-refractivity contribution is -0.146. The third-order valence-electron chi connectivity index (χ3n) is 3.59. The van der Waals surface area contributed by atoms with Crippen molar-refractivity contribution >= 4 is 23.2 Å². The second-order valence-corrected chi connectivity index (χ2v) is 6.21. The molecule has 0 aromatic carbocycles. The van der Waals surface area contributed by atoms with Crippen LogP contribution in [0.4, 0.5) is 0 Å². The van der Waals surface area contributed by atoms with Gasteiger partial charge in [0.1, 0.15) is 0 Å². The van der Waals surface area contributed by atoms with Crippen LogP contribution in [0.3, 0.4) is 0 Å². The Hall–Kier alpha value is -1.40. The molecule has 1 aliphatic heterocycles. The first-order valence-corrected chi connectivity index (χ1v) is 8.44. The van der Waals surface area contributed by atoms with Gasteiger partial charge in [0.25, 0.3) is 0 Å². The SMILES string of the molecule is CCCC(NC(=O)C(=O)N1CCCNCC1)c1cccs1. The number of nitrogens with zero attached hydrogens (tertiary/aromatic N) is 1. The second kappa shape index (κ2) is 8.14. The first-order valence-electron chi connectivity index (χ1n) is 7.56. The van der Waals surface area contributed by atoms with Gasteiger partial charge < -0.3 is 15.5 Å². The van der Waals surface area contributed by atoms with Crippen molar-refractivity contribution in [2.45, 2.75) is 32.2 Å². The Kier molecular flexibility index (Phi) is 6.20. The Balaban J connectivity index is 1.96. The number of rotatable bonds is 4. The second-order valence-electron chi connectivity index (χ2n) is 5.23. The Labute approximate surface area is 129 Å². The molecule has 2 rings (SSSR count). The molecule has 116 valence electrons. The van der Waals surface area contributed by atoms with E-state index in [9.17, 15) is 9.59 Å². The van der Waals surface area contributed by atoms with Crippen LogP contribution in [0.5, 0.6) is 0 Å². The van der Waals surface area contributed by atoms with Gasteiger partial charge in [0.2, 0.25) is 0 Å². The molecule has 1 fully saturated rings. The molecule has 0 saturated carbocycles. The number of hydrogen-bond acceptors (Lipinski definition) is 4. The Bertz CT molecular complexity index is 453. The number of carbonyl (C=O) groups is 2. The van der Waals surface area contributed by atoms with Gasteiger partial charge in [0, 0.05) is 24.5 Å². The molecule has 1 aliphatic rings. The number of nitrogens with one attached hydrogen (secondary N) is 2. The minimum Gasteiger partial charge on any atom is -0.340 e. The van der Waals surface area contributed by atoms with Crippen LogP contribution in [-0.2, 0) is 9.59 Å². The summed E-state index contributed by atoms with van der Waals surface area (Å²) >= 11 is 1.61. The average Bonchev–Trinajstić information content (AvgIpc) is 2.88. The highest BCUT2D eigenvalue weighted by Crippen LogP contribution is 2.23. The maximum absolute atomic E-state index is 12.2. The molecule has 1 aromatic heterocycles. The number of hydrogen-bond donors (Lipinski definition) is 2. The van der Waals surface area contributed by atoms with E-state index in [1.807, 2.05) is 17.5 Å².